The van der Waals surface area contributed by atoms with E-state index in [-0.39, 0.29) is 5.91 Å². The number of fused-ring (bicyclic) bond motifs is 1. The molecule has 4 heteroatoms. The normalized spacial score (nSPS) is 11.1. The molecule has 23 heavy (non-hydrogen) atoms. The number of hydrogen-bond acceptors (Lipinski definition) is 3. The molecule has 0 saturated carbocycles. The smallest absolute Gasteiger partial charge is 0.224 e. The monoisotopic (exact) mass is 324 g/mol. The minimum absolute atomic E-state index is 0.0292. The number of aryl methyl sites for hydroxylation is 1. The first-order valence-electron chi connectivity index (χ1n) is 7.86. The summed E-state index contributed by atoms with van der Waals surface area (Å²) in [5, 5.41) is 3.96. The lowest BCUT2D eigenvalue weighted by Gasteiger charge is -2.08. The van der Waals surface area contributed by atoms with Gasteiger partial charge in [-0.15, -0.1) is 11.3 Å². The van der Waals surface area contributed by atoms with Crippen molar-refractivity contribution < 1.29 is 4.79 Å². The predicted molar refractivity (Wildman–Crippen MR) is 97.1 cm³/mol. The summed E-state index contributed by atoms with van der Waals surface area (Å²) in [7, 11) is 0. The number of amides is 1. The van der Waals surface area contributed by atoms with Gasteiger partial charge in [0.25, 0.3) is 0 Å². The molecule has 0 aliphatic carbocycles. The summed E-state index contributed by atoms with van der Waals surface area (Å²) in [6.45, 7) is 4.32. The molecule has 1 aromatic heterocycles. The molecule has 3 rings (SSSR count). The standard InChI is InChI=1S/C19H20N2OS/c1-13(2)14-7-9-15(10-8-14)20-18(22)11-12-19-21-16-5-3-4-6-17(16)23-19/h3-10,13H,11-12H2,1-2H3,(H,20,22). The highest BCUT2D eigenvalue weighted by molar-refractivity contribution is 7.18. The van der Waals surface area contributed by atoms with E-state index < -0.39 is 0 Å². The number of benzene rings is 2. The Morgan fingerprint density at radius 1 is 1.13 bits per heavy atom. The van der Waals surface area contributed by atoms with Crippen molar-refractivity contribution in [3.63, 3.8) is 0 Å². The summed E-state index contributed by atoms with van der Waals surface area (Å²) in [6.07, 6.45) is 1.13. The van der Waals surface area contributed by atoms with Gasteiger partial charge in [0, 0.05) is 18.5 Å². The number of nitrogens with zero attached hydrogens (tertiary/aromatic N) is 1. The minimum atomic E-state index is 0.0292. The molecular formula is C19H20N2OS. The molecule has 0 bridgehead atoms. The Balaban J connectivity index is 1.56. The second-order valence-corrected chi connectivity index (χ2v) is 7.02. The van der Waals surface area contributed by atoms with Crippen LogP contribution in [0.25, 0.3) is 10.2 Å². The van der Waals surface area contributed by atoms with Crippen molar-refractivity contribution >= 4 is 33.1 Å². The van der Waals surface area contributed by atoms with Gasteiger partial charge in [-0.3, -0.25) is 4.79 Å². The van der Waals surface area contributed by atoms with Crippen LogP contribution in [-0.2, 0) is 11.2 Å². The summed E-state index contributed by atoms with van der Waals surface area (Å²) in [6, 6.07) is 16.1. The third-order valence-electron chi connectivity index (χ3n) is 3.77. The van der Waals surface area contributed by atoms with Crippen LogP contribution in [0.1, 0.15) is 36.8 Å². The van der Waals surface area contributed by atoms with Crippen LogP contribution in [-0.4, -0.2) is 10.9 Å². The number of thiazole rings is 1. The van der Waals surface area contributed by atoms with E-state index in [1.54, 1.807) is 11.3 Å². The molecule has 1 heterocycles. The molecule has 3 nitrogen and oxygen atoms in total. The maximum absolute atomic E-state index is 12.1. The van der Waals surface area contributed by atoms with Gasteiger partial charge in [0.1, 0.15) is 0 Å². The van der Waals surface area contributed by atoms with Gasteiger partial charge in [0.2, 0.25) is 5.91 Å². The maximum Gasteiger partial charge on any atom is 0.224 e. The van der Waals surface area contributed by atoms with Crippen LogP contribution in [0.3, 0.4) is 0 Å². The Labute approximate surface area is 140 Å². The minimum Gasteiger partial charge on any atom is -0.326 e. The molecular weight excluding hydrogens is 304 g/mol. The highest BCUT2D eigenvalue weighted by atomic mass is 32.1. The highest BCUT2D eigenvalue weighted by Gasteiger charge is 2.07. The highest BCUT2D eigenvalue weighted by Crippen LogP contribution is 2.22. The quantitative estimate of drug-likeness (QED) is 0.718. The second-order valence-electron chi connectivity index (χ2n) is 5.90. The number of anilines is 1. The molecule has 0 unspecified atom stereocenters. The van der Waals surface area contributed by atoms with Crippen LogP contribution in [0.15, 0.2) is 48.5 Å². The number of nitrogens with one attached hydrogen (secondary N) is 1. The van der Waals surface area contributed by atoms with Crippen LogP contribution >= 0.6 is 11.3 Å². The van der Waals surface area contributed by atoms with Gasteiger partial charge in [-0.25, -0.2) is 4.98 Å². The number of aromatic nitrogens is 1. The fourth-order valence-corrected chi connectivity index (χ4v) is 3.39. The zero-order valence-corrected chi connectivity index (χ0v) is 14.2. The zero-order valence-electron chi connectivity index (χ0n) is 13.4. The second kappa shape index (κ2) is 6.92. The summed E-state index contributed by atoms with van der Waals surface area (Å²) in [4.78, 5) is 16.6. The molecule has 0 atom stereocenters. The molecule has 0 spiro atoms. The number of rotatable bonds is 5. The third-order valence-corrected chi connectivity index (χ3v) is 4.86. The van der Waals surface area contributed by atoms with E-state index in [2.05, 4.69) is 42.3 Å². The van der Waals surface area contributed by atoms with Crippen molar-refractivity contribution in [1.29, 1.82) is 0 Å². The largest absolute Gasteiger partial charge is 0.326 e. The zero-order chi connectivity index (χ0) is 16.2. The van der Waals surface area contributed by atoms with Crippen molar-refractivity contribution in [2.45, 2.75) is 32.6 Å². The first-order chi connectivity index (χ1) is 11.1. The van der Waals surface area contributed by atoms with Crippen LogP contribution in [0.4, 0.5) is 5.69 Å². The number of carbonyl (C=O) groups excluding carboxylic acids is 1. The first kappa shape index (κ1) is 15.7. The first-order valence-corrected chi connectivity index (χ1v) is 8.68. The SMILES string of the molecule is CC(C)c1ccc(NC(=O)CCc2nc3ccccc3s2)cc1. The molecule has 1 N–H and O–H groups in total. The molecule has 0 aliphatic heterocycles. The molecule has 0 saturated heterocycles. The van der Waals surface area contributed by atoms with Gasteiger partial charge in [-0.05, 0) is 35.7 Å². The van der Waals surface area contributed by atoms with Gasteiger partial charge >= 0.3 is 0 Å². The van der Waals surface area contributed by atoms with E-state index in [0.29, 0.717) is 18.8 Å². The van der Waals surface area contributed by atoms with Crippen molar-refractivity contribution in [3.05, 3.63) is 59.1 Å². The molecule has 0 fully saturated rings. The Bertz CT molecular complexity index is 773. The van der Waals surface area contributed by atoms with Crippen molar-refractivity contribution in [3.8, 4) is 0 Å². The van der Waals surface area contributed by atoms with E-state index in [1.807, 2.05) is 30.3 Å². The number of hydrogen-bond donors (Lipinski definition) is 1. The van der Waals surface area contributed by atoms with Crippen LogP contribution in [0.2, 0.25) is 0 Å². The summed E-state index contributed by atoms with van der Waals surface area (Å²) < 4.78 is 1.17. The van der Waals surface area contributed by atoms with Crippen molar-refractivity contribution in [1.82, 2.24) is 4.98 Å². The Hall–Kier alpha value is -2.20. The van der Waals surface area contributed by atoms with Crippen molar-refractivity contribution in [2.24, 2.45) is 0 Å². The van der Waals surface area contributed by atoms with Crippen LogP contribution in [0.5, 0.6) is 0 Å². The maximum atomic E-state index is 12.1. The Morgan fingerprint density at radius 3 is 2.57 bits per heavy atom. The number of para-hydroxylation sites is 1. The van der Waals surface area contributed by atoms with E-state index in [0.717, 1.165) is 16.2 Å². The molecule has 0 radical (unpaired) electrons. The molecule has 3 aromatic rings. The summed E-state index contributed by atoms with van der Waals surface area (Å²) in [5.41, 5.74) is 3.14. The topological polar surface area (TPSA) is 42.0 Å². The average Bonchev–Trinajstić information content (AvgIpc) is 2.96. The Morgan fingerprint density at radius 2 is 1.87 bits per heavy atom. The lowest BCUT2D eigenvalue weighted by atomic mass is 10.0. The fraction of sp³-hybridized carbons (Fsp3) is 0.263. The number of carbonyl (C=O) groups is 1. The van der Waals surface area contributed by atoms with E-state index in [9.17, 15) is 4.79 Å². The Kier molecular flexibility index (Phi) is 4.72. The predicted octanol–water partition coefficient (Wildman–Crippen LogP) is 4.99. The van der Waals surface area contributed by atoms with Crippen LogP contribution in [0, 0.1) is 0 Å². The van der Waals surface area contributed by atoms with Gasteiger partial charge < -0.3 is 5.32 Å². The van der Waals surface area contributed by atoms with Gasteiger partial charge in [-0.2, -0.15) is 0 Å². The van der Waals surface area contributed by atoms with Gasteiger partial charge in [0.05, 0.1) is 15.2 Å². The average molecular weight is 324 g/mol. The lowest BCUT2D eigenvalue weighted by Crippen LogP contribution is -2.12. The van der Waals surface area contributed by atoms with Crippen LogP contribution < -0.4 is 5.32 Å². The van der Waals surface area contributed by atoms with E-state index >= 15 is 0 Å². The third kappa shape index (κ3) is 3.96. The fourth-order valence-electron chi connectivity index (χ4n) is 2.42. The molecule has 1 amide bonds. The lowest BCUT2D eigenvalue weighted by molar-refractivity contribution is -0.116. The van der Waals surface area contributed by atoms with E-state index in [1.165, 1.54) is 10.3 Å². The summed E-state index contributed by atoms with van der Waals surface area (Å²) in [5.74, 6) is 0.528. The summed E-state index contributed by atoms with van der Waals surface area (Å²) >= 11 is 1.66. The van der Waals surface area contributed by atoms with Crippen molar-refractivity contribution in [2.75, 3.05) is 5.32 Å². The van der Waals surface area contributed by atoms with Gasteiger partial charge in [-0.1, -0.05) is 38.1 Å². The molecule has 118 valence electrons. The van der Waals surface area contributed by atoms with Gasteiger partial charge in [0.15, 0.2) is 0 Å². The molecule has 0 aliphatic rings. The molecule has 2 aromatic carbocycles. The van der Waals surface area contributed by atoms with E-state index in [4.69, 9.17) is 0 Å².